The van der Waals surface area contributed by atoms with Crippen LogP contribution in [-0.4, -0.2) is 27.7 Å². The van der Waals surface area contributed by atoms with Crippen LogP contribution in [0.5, 0.6) is 0 Å². The van der Waals surface area contributed by atoms with Crippen LogP contribution in [0.4, 0.5) is 5.95 Å². The molecule has 0 spiro atoms. The molecular formula is C15H21N3O. The summed E-state index contributed by atoms with van der Waals surface area (Å²) in [6, 6.07) is 7.87. The lowest BCUT2D eigenvalue weighted by Crippen LogP contribution is -2.28. The molecule has 4 nitrogen and oxygen atoms in total. The average molecular weight is 259 g/mol. The van der Waals surface area contributed by atoms with Crippen LogP contribution in [0.2, 0.25) is 0 Å². The Labute approximate surface area is 113 Å². The van der Waals surface area contributed by atoms with Crippen molar-refractivity contribution in [3.05, 3.63) is 30.5 Å². The molecule has 2 N–H and O–H groups in total. The van der Waals surface area contributed by atoms with Gasteiger partial charge in [-0.2, -0.15) is 0 Å². The van der Waals surface area contributed by atoms with Gasteiger partial charge in [-0.1, -0.05) is 44.9 Å². The first-order valence-corrected chi connectivity index (χ1v) is 6.88. The molecule has 0 aliphatic heterocycles. The van der Waals surface area contributed by atoms with Crippen LogP contribution in [-0.2, 0) is 0 Å². The van der Waals surface area contributed by atoms with Gasteiger partial charge in [-0.15, -0.1) is 0 Å². The highest BCUT2D eigenvalue weighted by atomic mass is 16.3. The van der Waals surface area contributed by atoms with Crippen molar-refractivity contribution in [1.82, 2.24) is 9.97 Å². The van der Waals surface area contributed by atoms with E-state index in [1.165, 1.54) is 0 Å². The van der Waals surface area contributed by atoms with Crippen LogP contribution in [0.3, 0.4) is 0 Å². The van der Waals surface area contributed by atoms with Gasteiger partial charge >= 0.3 is 0 Å². The number of anilines is 1. The SMILES string of the molecule is CCC(CC)C(O)CNc1ncc2ccccc2n1. The maximum Gasteiger partial charge on any atom is 0.223 e. The molecule has 2 aromatic rings. The molecule has 1 aromatic carbocycles. The Morgan fingerprint density at radius 1 is 1.21 bits per heavy atom. The van der Waals surface area contributed by atoms with Gasteiger partial charge in [-0.05, 0) is 12.0 Å². The summed E-state index contributed by atoms with van der Waals surface area (Å²) >= 11 is 0. The fourth-order valence-corrected chi connectivity index (χ4v) is 2.25. The van der Waals surface area contributed by atoms with Gasteiger partial charge in [-0.25, -0.2) is 9.97 Å². The van der Waals surface area contributed by atoms with E-state index in [-0.39, 0.29) is 6.10 Å². The molecule has 0 radical (unpaired) electrons. The highest BCUT2D eigenvalue weighted by molar-refractivity contribution is 5.78. The minimum atomic E-state index is -0.356. The Hall–Kier alpha value is -1.68. The van der Waals surface area contributed by atoms with Crippen molar-refractivity contribution in [2.45, 2.75) is 32.8 Å². The minimum absolute atomic E-state index is 0.327. The van der Waals surface area contributed by atoms with Gasteiger partial charge in [0.05, 0.1) is 11.6 Å². The summed E-state index contributed by atoms with van der Waals surface area (Å²) in [7, 11) is 0. The van der Waals surface area contributed by atoms with Crippen LogP contribution in [0, 0.1) is 5.92 Å². The number of aliphatic hydroxyl groups is 1. The molecule has 4 heteroatoms. The summed E-state index contributed by atoms with van der Waals surface area (Å²) < 4.78 is 0. The average Bonchev–Trinajstić information content (AvgIpc) is 2.46. The summed E-state index contributed by atoms with van der Waals surface area (Å²) in [5.74, 6) is 0.900. The number of rotatable bonds is 6. The monoisotopic (exact) mass is 259 g/mol. The summed E-state index contributed by atoms with van der Waals surface area (Å²) in [4.78, 5) is 8.68. The second-order valence-electron chi connectivity index (χ2n) is 4.78. The zero-order valence-corrected chi connectivity index (χ0v) is 11.5. The van der Waals surface area contributed by atoms with Crippen molar-refractivity contribution in [3.63, 3.8) is 0 Å². The molecule has 0 bridgehead atoms. The first-order chi connectivity index (χ1) is 9.24. The summed E-state index contributed by atoms with van der Waals surface area (Å²) in [5.41, 5.74) is 0.914. The van der Waals surface area contributed by atoms with Crippen molar-refractivity contribution in [2.24, 2.45) is 5.92 Å². The van der Waals surface area contributed by atoms with Gasteiger partial charge in [0.15, 0.2) is 0 Å². The number of aliphatic hydroxyl groups excluding tert-OH is 1. The number of nitrogens with one attached hydrogen (secondary N) is 1. The zero-order chi connectivity index (χ0) is 13.7. The number of hydrogen-bond donors (Lipinski definition) is 2. The van der Waals surface area contributed by atoms with E-state index in [1.807, 2.05) is 24.3 Å². The van der Waals surface area contributed by atoms with Crippen LogP contribution in [0.1, 0.15) is 26.7 Å². The third-order valence-corrected chi connectivity index (χ3v) is 3.55. The van der Waals surface area contributed by atoms with Crippen molar-refractivity contribution < 1.29 is 5.11 Å². The largest absolute Gasteiger partial charge is 0.391 e. The molecule has 1 atom stereocenters. The fourth-order valence-electron chi connectivity index (χ4n) is 2.25. The van der Waals surface area contributed by atoms with Crippen molar-refractivity contribution in [1.29, 1.82) is 0 Å². The van der Waals surface area contributed by atoms with E-state index in [2.05, 4.69) is 29.1 Å². The fraction of sp³-hybridized carbons (Fsp3) is 0.467. The van der Waals surface area contributed by atoms with Gasteiger partial charge in [0.1, 0.15) is 0 Å². The third kappa shape index (κ3) is 3.41. The van der Waals surface area contributed by atoms with E-state index < -0.39 is 0 Å². The third-order valence-electron chi connectivity index (χ3n) is 3.55. The molecule has 19 heavy (non-hydrogen) atoms. The molecular weight excluding hydrogens is 238 g/mol. The topological polar surface area (TPSA) is 58.0 Å². The van der Waals surface area contributed by atoms with Gasteiger partial charge < -0.3 is 10.4 Å². The first kappa shape index (κ1) is 13.7. The van der Waals surface area contributed by atoms with Crippen LogP contribution < -0.4 is 5.32 Å². The number of aromatic nitrogens is 2. The minimum Gasteiger partial charge on any atom is -0.391 e. The summed E-state index contributed by atoms with van der Waals surface area (Å²) in [6.07, 6.45) is 3.41. The number of hydrogen-bond acceptors (Lipinski definition) is 4. The van der Waals surface area contributed by atoms with E-state index in [9.17, 15) is 5.11 Å². The van der Waals surface area contributed by atoms with Crippen molar-refractivity contribution >= 4 is 16.9 Å². The molecule has 102 valence electrons. The second-order valence-corrected chi connectivity index (χ2v) is 4.78. The van der Waals surface area contributed by atoms with Gasteiger partial charge in [-0.3, -0.25) is 0 Å². The van der Waals surface area contributed by atoms with E-state index in [4.69, 9.17) is 0 Å². The standard InChI is InChI=1S/C15H21N3O/c1-3-11(4-2)14(19)10-17-15-16-9-12-7-5-6-8-13(12)18-15/h5-9,11,14,19H,3-4,10H2,1-2H3,(H,16,17,18). The maximum absolute atomic E-state index is 10.1. The quantitative estimate of drug-likeness (QED) is 0.837. The zero-order valence-electron chi connectivity index (χ0n) is 11.5. The molecule has 0 saturated heterocycles. The Kier molecular flexibility index (Phi) is 4.68. The van der Waals surface area contributed by atoms with E-state index in [0.29, 0.717) is 18.4 Å². The van der Waals surface area contributed by atoms with Gasteiger partial charge in [0.25, 0.3) is 0 Å². The number of benzene rings is 1. The highest BCUT2D eigenvalue weighted by Crippen LogP contribution is 2.15. The Bertz CT molecular complexity index is 526. The predicted molar refractivity (Wildman–Crippen MR) is 78.1 cm³/mol. The van der Waals surface area contributed by atoms with Crippen molar-refractivity contribution in [3.8, 4) is 0 Å². The van der Waals surface area contributed by atoms with Crippen molar-refractivity contribution in [2.75, 3.05) is 11.9 Å². The number of nitrogens with zero attached hydrogens (tertiary/aromatic N) is 2. The summed E-state index contributed by atoms with van der Waals surface area (Å²) in [6.45, 7) is 4.69. The molecule has 0 fully saturated rings. The van der Waals surface area contributed by atoms with Gasteiger partial charge in [0.2, 0.25) is 5.95 Å². The normalized spacial score (nSPS) is 12.8. The smallest absolute Gasteiger partial charge is 0.223 e. The first-order valence-electron chi connectivity index (χ1n) is 6.88. The number of fused-ring (bicyclic) bond motifs is 1. The predicted octanol–water partition coefficient (Wildman–Crippen LogP) is 2.84. The van der Waals surface area contributed by atoms with Crippen LogP contribution >= 0.6 is 0 Å². The lowest BCUT2D eigenvalue weighted by molar-refractivity contribution is 0.114. The van der Waals surface area contributed by atoms with Gasteiger partial charge in [0, 0.05) is 18.1 Å². The van der Waals surface area contributed by atoms with Crippen LogP contribution in [0.25, 0.3) is 10.9 Å². The number of para-hydroxylation sites is 1. The molecule has 0 saturated carbocycles. The highest BCUT2D eigenvalue weighted by Gasteiger charge is 2.15. The molecule has 1 heterocycles. The maximum atomic E-state index is 10.1. The molecule has 0 aliphatic carbocycles. The Morgan fingerprint density at radius 2 is 1.95 bits per heavy atom. The molecule has 1 aromatic heterocycles. The Balaban J connectivity index is 2.01. The molecule has 1 unspecified atom stereocenters. The second kappa shape index (κ2) is 6.48. The molecule has 0 aliphatic rings. The van der Waals surface area contributed by atoms with E-state index >= 15 is 0 Å². The van der Waals surface area contributed by atoms with Crippen LogP contribution in [0.15, 0.2) is 30.5 Å². The lowest BCUT2D eigenvalue weighted by atomic mass is 9.97. The van der Waals surface area contributed by atoms with E-state index in [1.54, 1.807) is 6.20 Å². The molecule has 0 amide bonds. The van der Waals surface area contributed by atoms with E-state index in [0.717, 1.165) is 23.7 Å². The molecule has 2 rings (SSSR count). The lowest BCUT2D eigenvalue weighted by Gasteiger charge is -2.20. The summed E-state index contributed by atoms with van der Waals surface area (Å²) in [5, 5.41) is 14.2. The Morgan fingerprint density at radius 3 is 2.68 bits per heavy atom.